The Morgan fingerprint density at radius 2 is 1.50 bits per heavy atom. The van der Waals surface area contributed by atoms with Crippen LogP contribution in [0, 0.1) is 0 Å². The zero-order chi connectivity index (χ0) is 6.41. The predicted molar refractivity (Wildman–Crippen MR) is 24.3 cm³/mol. The van der Waals surface area contributed by atoms with Gasteiger partial charge in [0.15, 0.2) is 0 Å². The van der Waals surface area contributed by atoms with Crippen molar-refractivity contribution in [1.29, 1.82) is 0 Å². The van der Waals surface area contributed by atoms with E-state index in [-0.39, 0.29) is 0 Å². The summed E-state index contributed by atoms with van der Waals surface area (Å²) in [6.45, 7) is 0. The minimum absolute atomic E-state index is 1.21. The average Bonchev–Trinajstić information content (AvgIpc) is 1.68. The highest BCUT2D eigenvalue weighted by atomic mass is 32.2. The monoisotopic (exact) mass is 142 g/mol. The first kappa shape index (κ1) is 7.99. The molecule has 0 heterocycles. The van der Waals surface area contributed by atoms with E-state index in [4.69, 9.17) is 0 Å². The molecular formula is C2H6O5S. The summed E-state index contributed by atoms with van der Waals surface area (Å²) >= 11 is -1.96. The molecular weight excluding hydrogens is 136 g/mol. The van der Waals surface area contributed by atoms with E-state index in [1.165, 1.54) is 14.2 Å². The maximum atomic E-state index is 10.1. The molecule has 0 atom stereocenters. The van der Waals surface area contributed by atoms with Crippen LogP contribution in [0.2, 0.25) is 0 Å². The largest absolute Gasteiger partial charge is 0.362 e. The molecule has 0 aliphatic rings. The SMILES string of the molecule is COOS(=O)OOC. The molecule has 0 amide bonds. The smallest absolute Gasteiger partial charge is 0.223 e. The van der Waals surface area contributed by atoms with Gasteiger partial charge in [0.2, 0.25) is 0 Å². The van der Waals surface area contributed by atoms with E-state index in [1.54, 1.807) is 0 Å². The van der Waals surface area contributed by atoms with Crippen molar-refractivity contribution in [1.82, 2.24) is 0 Å². The second kappa shape index (κ2) is 5.13. The molecule has 0 saturated heterocycles. The molecule has 0 fully saturated rings. The predicted octanol–water partition coefficient (Wildman–Crippen LogP) is -0.279. The molecule has 5 nitrogen and oxygen atoms in total. The Hall–Kier alpha value is -0.0100. The van der Waals surface area contributed by atoms with Crippen LogP contribution in [0.15, 0.2) is 0 Å². The second-order valence-electron chi connectivity index (χ2n) is 0.674. The third kappa shape index (κ3) is 4.16. The first-order valence-corrected chi connectivity index (χ1v) is 2.65. The maximum absolute atomic E-state index is 10.1. The van der Waals surface area contributed by atoms with Crippen molar-refractivity contribution < 1.29 is 22.7 Å². The number of hydrogen-bond acceptors (Lipinski definition) is 5. The van der Waals surface area contributed by atoms with Crippen molar-refractivity contribution in [3.8, 4) is 0 Å². The lowest BCUT2D eigenvalue weighted by Crippen LogP contribution is -1.99. The lowest BCUT2D eigenvalue weighted by Gasteiger charge is -1.93. The number of hydrogen-bond donors (Lipinski definition) is 0. The van der Waals surface area contributed by atoms with Gasteiger partial charge in [0.1, 0.15) is 0 Å². The summed E-state index contributed by atoms with van der Waals surface area (Å²) in [7, 11) is 2.41. The summed E-state index contributed by atoms with van der Waals surface area (Å²) in [5.41, 5.74) is 0. The van der Waals surface area contributed by atoms with Crippen LogP contribution in [0.4, 0.5) is 0 Å². The molecule has 0 aromatic carbocycles. The van der Waals surface area contributed by atoms with Crippen molar-refractivity contribution in [3.05, 3.63) is 0 Å². The van der Waals surface area contributed by atoms with Crippen molar-refractivity contribution in [2.24, 2.45) is 0 Å². The van der Waals surface area contributed by atoms with Crippen LogP contribution < -0.4 is 0 Å². The quantitative estimate of drug-likeness (QED) is 0.399. The van der Waals surface area contributed by atoms with E-state index in [0.29, 0.717) is 0 Å². The molecule has 0 rings (SSSR count). The molecule has 8 heavy (non-hydrogen) atoms. The molecule has 0 aliphatic carbocycles. The molecule has 50 valence electrons. The minimum atomic E-state index is -1.96. The fourth-order valence-electron chi connectivity index (χ4n) is 0.122. The fraction of sp³-hybridized carbons (Fsp3) is 1.00. The normalized spacial score (nSPS) is 10.4. The Morgan fingerprint density at radius 1 is 1.12 bits per heavy atom. The van der Waals surface area contributed by atoms with Gasteiger partial charge >= 0.3 is 11.4 Å². The van der Waals surface area contributed by atoms with Gasteiger partial charge in [-0.25, -0.2) is 9.78 Å². The minimum Gasteiger partial charge on any atom is -0.223 e. The molecule has 0 radical (unpaired) electrons. The zero-order valence-electron chi connectivity index (χ0n) is 4.45. The van der Waals surface area contributed by atoms with Crippen LogP contribution >= 0.6 is 0 Å². The van der Waals surface area contributed by atoms with Gasteiger partial charge in [-0.3, -0.25) is 0 Å². The maximum Gasteiger partial charge on any atom is 0.362 e. The van der Waals surface area contributed by atoms with Gasteiger partial charge in [0.05, 0.1) is 14.2 Å². The second-order valence-corrected chi connectivity index (χ2v) is 1.35. The Morgan fingerprint density at radius 3 is 1.75 bits per heavy atom. The molecule has 0 N–H and O–H groups in total. The summed E-state index contributed by atoms with van der Waals surface area (Å²) in [6, 6.07) is 0. The van der Waals surface area contributed by atoms with Crippen LogP contribution in [0.5, 0.6) is 0 Å². The Labute approximate surface area is 49.2 Å². The van der Waals surface area contributed by atoms with Crippen LogP contribution in [-0.2, 0) is 29.8 Å². The van der Waals surface area contributed by atoms with Gasteiger partial charge in [0.25, 0.3) is 0 Å². The fourth-order valence-corrected chi connectivity index (χ4v) is 0.367. The first-order chi connectivity index (χ1) is 3.81. The van der Waals surface area contributed by atoms with Gasteiger partial charge in [-0.05, 0) is 0 Å². The van der Waals surface area contributed by atoms with E-state index in [1.807, 2.05) is 0 Å². The molecule has 6 heteroatoms. The van der Waals surface area contributed by atoms with Crippen LogP contribution in [0.1, 0.15) is 0 Å². The van der Waals surface area contributed by atoms with E-state index < -0.39 is 11.4 Å². The first-order valence-electron chi connectivity index (χ1n) is 1.65. The molecule has 0 aromatic rings. The van der Waals surface area contributed by atoms with E-state index in [9.17, 15) is 4.21 Å². The average molecular weight is 142 g/mol. The molecule has 0 aliphatic heterocycles. The summed E-state index contributed by atoms with van der Waals surface area (Å²) < 4.78 is 17.9. The topological polar surface area (TPSA) is 54.0 Å². The van der Waals surface area contributed by atoms with Crippen LogP contribution in [0.25, 0.3) is 0 Å². The van der Waals surface area contributed by atoms with Crippen molar-refractivity contribution in [3.63, 3.8) is 0 Å². The highest BCUT2D eigenvalue weighted by Gasteiger charge is 1.97. The summed E-state index contributed by atoms with van der Waals surface area (Å²) in [5, 5.41) is 0. The molecule has 0 unspecified atom stereocenters. The lowest BCUT2D eigenvalue weighted by atomic mass is 11.8. The van der Waals surface area contributed by atoms with Gasteiger partial charge in [0, 0.05) is 0 Å². The summed E-state index contributed by atoms with van der Waals surface area (Å²) in [5.74, 6) is 0. The molecule has 0 aromatic heterocycles. The van der Waals surface area contributed by atoms with Gasteiger partial charge in [-0.1, -0.05) is 0 Å². The zero-order valence-corrected chi connectivity index (χ0v) is 5.27. The van der Waals surface area contributed by atoms with Gasteiger partial charge in [-0.15, -0.1) is 8.67 Å². The Bertz CT molecular complexity index is 64.8. The Kier molecular flexibility index (Phi) is 5.13. The van der Waals surface area contributed by atoms with Crippen LogP contribution in [-0.4, -0.2) is 18.4 Å². The third-order valence-corrected chi connectivity index (χ3v) is 0.742. The number of rotatable bonds is 4. The summed E-state index contributed by atoms with van der Waals surface area (Å²) in [4.78, 5) is 7.90. The summed E-state index contributed by atoms with van der Waals surface area (Å²) in [6.07, 6.45) is 0. The molecule has 0 spiro atoms. The van der Waals surface area contributed by atoms with E-state index in [0.717, 1.165) is 0 Å². The van der Waals surface area contributed by atoms with Crippen LogP contribution in [0.3, 0.4) is 0 Å². The third-order valence-electron chi connectivity index (χ3n) is 0.247. The highest BCUT2D eigenvalue weighted by molar-refractivity contribution is 7.74. The van der Waals surface area contributed by atoms with Gasteiger partial charge < -0.3 is 0 Å². The van der Waals surface area contributed by atoms with E-state index >= 15 is 0 Å². The standard InChI is InChI=1S/C2H6O5S/c1-4-6-8(3)7-5-2/h1-2H3. The Balaban J connectivity index is 3.06. The van der Waals surface area contributed by atoms with Crippen molar-refractivity contribution >= 4 is 11.4 Å². The lowest BCUT2D eigenvalue weighted by molar-refractivity contribution is -0.224. The van der Waals surface area contributed by atoms with Gasteiger partial charge in [-0.2, -0.15) is 4.21 Å². The van der Waals surface area contributed by atoms with Crippen molar-refractivity contribution in [2.75, 3.05) is 14.2 Å². The molecule has 0 bridgehead atoms. The molecule has 0 saturated carbocycles. The highest BCUT2D eigenvalue weighted by Crippen LogP contribution is 1.86. The van der Waals surface area contributed by atoms with Crippen molar-refractivity contribution in [2.45, 2.75) is 0 Å². The van der Waals surface area contributed by atoms with E-state index in [2.05, 4.69) is 18.4 Å².